The Morgan fingerprint density at radius 2 is 2.36 bits per heavy atom. The molecule has 0 radical (unpaired) electrons. The fourth-order valence-electron chi connectivity index (χ4n) is 1.32. The van der Waals surface area contributed by atoms with Gasteiger partial charge in [-0.2, -0.15) is 0 Å². The van der Waals surface area contributed by atoms with Gasteiger partial charge in [0.05, 0.1) is 11.4 Å². The molecule has 62 valence electrons. The van der Waals surface area contributed by atoms with Crippen LogP contribution in [0, 0.1) is 5.41 Å². The summed E-state index contributed by atoms with van der Waals surface area (Å²) in [6.07, 6.45) is 2.22. The zero-order valence-corrected chi connectivity index (χ0v) is 7.12. The summed E-state index contributed by atoms with van der Waals surface area (Å²) >= 11 is 0. The fourth-order valence-corrected chi connectivity index (χ4v) is 1.32. The molecule has 1 aliphatic rings. The van der Waals surface area contributed by atoms with Crippen molar-refractivity contribution in [2.24, 2.45) is 0 Å². The number of hydrogen-bond donors (Lipinski definition) is 3. The van der Waals surface area contributed by atoms with Gasteiger partial charge >= 0.3 is 0 Å². The quantitative estimate of drug-likeness (QED) is 0.515. The molecule has 1 rings (SSSR count). The molecule has 3 heteroatoms. The van der Waals surface area contributed by atoms with Gasteiger partial charge in [-0.25, -0.2) is 0 Å². The maximum Gasteiger partial charge on any atom is 0.0741 e. The van der Waals surface area contributed by atoms with E-state index in [0.29, 0.717) is 5.71 Å². The van der Waals surface area contributed by atoms with Crippen LogP contribution in [-0.2, 0) is 0 Å². The number of hydrogen-bond acceptors (Lipinski definition) is 3. The molecule has 0 aromatic carbocycles. The van der Waals surface area contributed by atoms with E-state index in [-0.39, 0.29) is 0 Å². The third kappa shape index (κ3) is 1.73. The summed E-state index contributed by atoms with van der Waals surface area (Å²) in [6, 6.07) is 0. The van der Waals surface area contributed by atoms with Crippen molar-refractivity contribution in [2.45, 2.75) is 19.8 Å². The number of allylic oxidation sites excluding steroid dienone is 2. The van der Waals surface area contributed by atoms with Crippen molar-refractivity contribution in [1.29, 1.82) is 5.41 Å². The Balaban J connectivity index is 2.81. The van der Waals surface area contributed by atoms with E-state index >= 15 is 0 Å². The Bertz CT molecular complexity index is 194. The van der Waals surface area contributed by atoms with Crippen molar-refractivity contribution >= 4 is 5.71 Å². The van der Waals surface area contributed by atoms with E-state index in [1.807, 2.05) is 14.0 Å². The molecular weight excluding hydrogens is 138 g/mol. The first-order chi connectivity index (χ1) is 5.25. The fraction of sp³-hybridized carbons (Fsp3) is 0.625. The van der Waals surface area contributed by atoms with Crippen LogP contribution < -0.4 is 10.6 Å². The molecule has 0 aromatic heterocycles. The minimum absolute atomic E-state index is 0.619. The van der Waals surface area contributed by atoms with Gasteiger partial charge in [-0.15, -0.1) is 0 Å². The molecule has 1 heterocycles. The Hall–Kier alpha value is -0.990. The minimum Gasteiger partial charge on any atom is -0.390 e. The van der Waals surface area contributed by atoms with Gasteiger partial charge in [-0.3, -0.25) is 0 Å². The van der Waals surface area contributed by atoms with Crippen LogP contribution in [0.15, 0.2) is 11.4 Å². The van der Waals surface area contributed by atoms with Gasteiger partial charge in [0, 0.05) is 19.3 Å². The highest BCUT2D eigenvalue weighted by molar-refractivity contribution is 5.95. The molecule has 0 aromatic rings. The van der Waals surface area contributed by atoms with Gasteiger partial charge in [0.2, 0.25) is 0 Å². The topological polar surface area (TPSA) is 47.9 Å². The average molecular weight is 153 g/mol. The highest BCUT2D eigenvalue weighted by Crippen LogP contribution is 2.11. The van der Waals surface area contributed by atoms with Gasteiger partial charge in [-0.05, 0) is 19.8 Å². The van der Waals surface area contributed by atoms with Crippen LogP contribution in [0.4, 0.5) is 0 Å². The minimum atomic E-state index is 0.619. The third-order valence-electron chi connectivity index (χ3n) is 1.88. The highest BCUT2D eigenvalue weighted by Gasteiger charge is 2.11. The summed E-state index contributed by atoms with van der Waals surface area (Å²) in [5.41, 5.74) is 2.77. The Morgan fingerprint density at radius 3 is 2.82 bits per heavy atom. The maximum absolute atomic E-state index is 7.46. The second-order valence-electron chi connectivity index (χ2n) is 2.76. The van der Waals surface area contributed by atoms with Crippen molar-refractivity contribution in [3.05, 3.63) is 11.4 Å². The molecule has 0 amide bonds. The SMILES string of the molecule is CNC1=C(C(C)=N)NCCC1. The summed E-state index contributed by atoms with van der Waals surface area (Å²) in [4.78, 5) is 0. The van der Waals surface area contributed by atoms with E-state index in [9.17, 15) is 0 Å². The van der Waals surface area contributed by atoms with Crippen LogP contribution >= 0.6 is 0 Å². The summed E-state index contributed by atoms with van der Waals surface area (Å²) in [7, 11) is 1.91. The van der Waals surface area contributed by atoms with E-state index < -0.39 is 0 Å². The lowest BCUT2D eigenvalue weighted by Crippen LogP contribution is -2.29. The van der Waals surface area contributed by atoms with Crippen LogP contribution in [0.25, 0.3) is 0 Å². The largest absolute Gasteiger partial charge is 0.390 e. The molecule has 0 bridgehead atoms. The van der Waals surface area contributed by atoms with Gasteiger partial charge in [0.25, 0.3) is 0 Å². The molecular formula is C8H15N3. The van der Waals surface area contributed by atoms with Gasteiger partial charge < -0.3 is 16.0 Å². The van der Waals surface area contributed by atoms with Crippen LogP contribution in [-0.4, -0.2) is 19.3 Å². The van der Waals surface area contributed by atoms with E-state index in [2.05, 4.69) is 10.6 Å². The maximum atomic E-state index is 7.46. The van der Waals surface area contributed by atoms with E-state index in [1.165, 1.54) is 5.70 Å². The first-order valence-corrected chi connectivity index (χ1v) is 3.96. The van der Waals surface area contributed by atoms with Crippen LogP contribution in [0.1, 0.15) is 19.8 Å². The molecule has 0 saturated heterocycles. The summed E-state index contributed by atoms with van der Waals surface area (Å²) in [5.74, 6) is 0. The molecule has 0 saturated carbocycles. The summed E-state index contributed by atoms with van der Waals surface area (Å²) < 4.78 is 0. The predicted octanol–water partition coefficient (Wildman–Crippen LogP) is 0.840. The molecule has 11 heavy (non-hydrogen) atoms. The van der Waals surface area contributed by atoms with Crippen molar-refractivity contribution in [2.75, 3.05) is 13.6 Å². The summed E-state index contributed by atoms with van der Waals surface area (Å²) in [6.45, 7) is 2.81. The van der Waals surface area contributed by atoms with Gasteiger partial charge in [-0.1, -0.05) is 0 Å². The first-order valence-electron chi connectivity index (χ1n) is 3.96. The Morgan fingerprint density at radius 1 is 1.64 bits per heavy atom. The molecule has 0 fully saturated rings. The molecule has 0 aliphatic carbocycles. The second kappa shape index (κ2) is 3.42. The van der Waals surface area contributed by atoms with Gasteiger partial charge in [0.15, 0.2) is 0 Å². The first kappa shape index (κ1) is 8.11. The highest BCUT2D eigenvalue weighted by atomic mass is 15.0. The number of nitrogens with one attached hydrogen (secondary N) is 3. The third-order valence-corrected chi connectivity index (χ3v) is 1.88. The molecule has 0 atom stereocenters. The second-order valence-corrected chi connectivity index (χ2v) is 2.76. The molecule has 0 unspecified atom stereocenters. The number of rotatable bonds is 2. The van der Waals surface area contributed by atoms with E-state index in [1.54, 1.807) is 0 Å². The Kier molecular flexibility index (Phi) is 2.52. The van der Waals surface area contributed by atoms with Crippen molar-refractivity contribution in [1.82, 2.24) is 10.6 Å². The molecule has 0 spiro atoms. The van der Waals surface area contributed by atoms with Crippen LogP contribution in [0.2, 0.25) is 0 Å². The standard InChI is InChI=1S/C8H15N3/c1-6(9)8-7(10-2)4-3-5-11-8/h9-11H,3-5H2,1-2H3. The summed E-state index contributed by atoms with van der Waals surface area (Å²) in [5, 5.41) is 13.8. The monoisotopic (exact) mass is 153 g/mol. The average Bonchev–Trinajstić information content (AvgIpc) is 2.04. The predicted molar refractivity (Wildman–Crippen MR) is 46.7 cm³/mol. The van der Waals surface area contributed by atoms with E-state index in [0.717, 1.165) is 25.1 Å². The van der Waals surface area contributed by atoms with Crippen molar-refractivity contribution in [3.8, 4) is 0 Å². The lowest BCUT2D eigenvalue weighted by atomic mass is 10.1. The Labute approximate surface area is 67.4 Å². The lowest BCUT2D eigenvalue weighted by Gasteiger charge is -2.21. The normalized spacial score (nSPS) is 17.6. The van der Waals surface area contributed by atoms with Crippen molar-refractivity contribution < 1.29 is 0 Å². The van der Waals surface area contributed by atoms with Crippen molar-refractivity contribution in [3.63, 3.8) is 0 Å². The van der Waals surface area contributed by atoms with Crippen LogP contribution in [0.3, 0.4) is 0 Å². The molecule has 3 nitrogen and oxygen atoms in total. The lowest BCUT2D eigenvalue weighted by molar-refractivity contribution is 0.647. The van der Waals surface area contributed by atoms with Crippen LogP contribution in [0.5, 0.6) is 0 Å². The zero-order valence-electron chi connectivity index (χ0n) is 7.12. The molecule has 1 aliphatic heterocycles. The van der Waals surface area contributed by atoms with E-state index in [4.69, 9.17) is 5.41 Å². The zero-order chi connectivity index (χ0) is 8.27. The smallest absolute Gasteiger partial charge is 0.0741 e. The molecule has 3 N–H and O–H groups in total. The van der Waals surface area contributed by atoms with Gasteiger partial charge in [0.1, 0.15) is 0 Å².